The number of benzene rings is 1. The Morgan fingerprint density at radius 3 is 2.94 bits per heavy atom. The van der Waals surface area contributed by atoms with Gasteiger partial charge in [0.15, 0.2) is 5.82 Å². The second kappa shape index (κ2) is 4.17. The highest BCUT2D eigenvalue weighted by molar-refractivity contribution is 5.40. The van der Waals surface area contributed by atoms with Crippen molar-refractivity contribution in [1.29, 1.82) is 0 Å². The van der Waals surface area contributed by atoms with Crippen molar-refractivity contribution < 1.29 is 0 Å². The zero-order valence-electron chi connectivity index (χ0n) is 10.5. The number of aryl methyl sites for hydroxylation is 2. The summed E-state index contributed by atoms with van der Waals surface area (Å²) in [5.41, 5.74) is 8.81. The van der Waals surface area contributed by atoms with Crippen LogP contribution >= 0.6 is 0 Å². The fraction of sp³-hybridized carbons (Fsp3) is 0.462. The molecule has 1 atom stereocenters. The van der Waals surface area contributed by atoms with E-state index in [1.54, 1.807) is 7.05 Å². The van der Waals surface area contributed by atoms with Gasteiger partial charge in [0.05, 0.1) is 7.05 Å². The lowest BCUT2D eigenvalue weighted by Gasteiger charge is -2.27. The van der Waals surface area contributed by atoms with E-state index in [-0.39, 0.29) is 5.41 Å². The van der Waals surface area contributed by atoms with Gasteiger partial charge in [0.25, 0.3) is 0 Å². The molecule has 1 aliphatic rings. The van der Waals surface area contributed by atoms with Gasteiger partial charge in [0.1, 0.15) is 0 Å². The quantitative estimate of drug-likeness (QED) is 0.857. The molecule has 1 aliphatic carbocycles. The molecule has 3 rings (SSSR count). The van der Waals surface area contributed by atoms with E-state index in [1.807, 2.05) is 0 Å². The molecule has 1 aromatic carbocycles. The molecular weight excluding hydrogens is 226 g/mol. The summed E-state index contributed by atoms with van der Waals surface area (Å²) in [6, 6.07) is 8.55. The number of aromatic nitrogens is 4. The van der Waals surface area contributed by atoms with Gasteiger partial charge in [-0.1, -0.05) is 24.3 Å². The maximum Gasteiger partial charge on any atom is 0.175 e. The molecule has 0 spiro atoms. The third-order valence-electron chi connectivity index (χ3n) is 3.90. The van der Waals surface area contributed by atoms with Crippen LogP contribution in [0.4, 0.5) is 0 Å². The number of nitrogens with zero attached hydrogens (tertiary/aromatic N) is 4. The highest BCUT2D eigenvalue weighted by Gasteiger charge is 2.38. The Hall–Kier alpha value is -1.75. The Morgan fingerprint density at radius 2 is 2.22 bits per heavy atom. The highest BCUT2D eigenvalue weighted by Crippen LogP contribution is 2.40. The molecule has 1 heterocycles. The molecule has 0 fully saturated rings. The van der Waals surface area contributed by atoms with E-state index in [1.165, 1.54) is 15.9 Å². The predicted molar refractivity (Wildman–Crippen MR) is 68.0 cm³/mol. The normalized spacial score (nSPS) is 22.1. The summed E-state index contributed by atoms with van der Waals surface area (Å²) in [5.74, 6) is 0.777. The van der Waals surface area contributed by atoms with Crippen LogP contribution in [0.5, 0.6) is 0 Å². The van der Waals surface area contributed by atoms with Gasteiger partial charge in [-0.25, -0.2) is 0 Å². The zero-order chi connectivity index (χ0) is 12.6. The Bertz CT molecular complexity index is 562. The van der Waals surface area contributed by atoms with Gasteiger partial charge in [-0.05, 0) is 29.2 Å². The van der Waals surface area contributed by atoms with Crippen molar-refractivity contribution in [1.82, 2.24) is 20.2 Å². The Labute approximate surface area is 106 Å². The number of tetrazole rings is 1. The second-order valence-corrected chi connectivity index (χ2v) is 5.01. The lowest BCUT2D eigenvalue weighted by Crippen LogP contribution is -2.35. The van der Waals surface area contributed by atoms with Crippen molar-refractivity contribution in [3.8, 4) is 0 Å². The molecule has 18 heavy (non-hydrogen) atoms. The van der Waals surface area contributed by atoms with Crippen LogP contribution in [-0.4, -0.2) is 26.8 Å². The summed E-state index contributed by atoms with van der Waals surface area (Å²) >= 11 is 0. The Kier molecular flexibility index (Phi) is 2.63. The van der Waals surface area contributed by atoms with Crippen LogP contribution in [-0.2, 0) is 25.3 Å². The van der Waals surface area contributed by atoms with Crippen LogP contribution < -0.4 is 5.73 Å². The fourth-order valence-electron chi connectivity index (χ4n) is 2.93. The van der Waals surface area contributed by atoms with Crippen LogP contribution in [0.1, 0.15) is 23.4 Å². The molecule has 0 bridgehead atoms. The second-order valence-electron chi connectivity index (χ2n) is 5.01. The maximum atomic E-state index is 6.06. The molecule has 0 saturated heterocycles. The highest BCUT2D eigenvalue weighted by atomic mass is 15.6. The van der Waals surface area contributed by atoms with Crippen LogP contribution in [0.15, 0.2) is 24.3 Å². The van der Waals surface area contributed by atoms with Gasteiger partial charge in [-0.15, -0.1) is 10.2 Å². The molecule has 0 saturated carbocycles. The first-order valence-electron chi connectivity index (χ1n) is 6.25. The molecule has 0 amide bonds. The predicted octanol–water partition coefficient (Wildman–Crippen LogP) is 0.595. The molecule has 0 aliphatic heterocycles. The third kappa shape index (κ3) is 1.71. The van der Waals surface area contributed by atoms with Crippen molar-refractivity contribution in [2.75, 3.05) is 6.54 Å². The van der Waals surface area contributed by atoms with Crippen molar-refractivity contribution in [3.63, 3.8) is 0 Å². The number of hydrogen-bond acceptors (Lipinski definition) is 4. The van der Waals surface area contributed by atoms with Gasteiger partial charge < -0.3 is 5.73 Å². The molecule has 94 valence electrons. The third-order valence-corrected chi connectivity index (χ3v) is 3.90. The molecule has 2 N–H and O–H groups in total. The number of nitrogens with two attached hydrogens (primary N) is 1. The SMILES string of the molecule is Cn1nnc(CC2(CN)CCc3ccccc32)n1. The van der Waals surface area contributed by atoms with Gasteiger partial charge in [0, 0.05) is 18.4 Å². The van der Waals surface area contributed by atoms with Crippen LogP contribution in [0.3, 0.4) is 0 Å². The average molecular weight is 243 g/mol. The standard InChI is InChI=1S/C13H17N5/c1-18-16-12(15-17-18)8-13(9-14)7-6-10-4-2-3-5-11(10)13/h2-5H,6-9,14H2,1H3. The van der Waals surface area contributed by atoms with E-state index in [2.05, 4.69) is 39.7 Å². The molecule has 0 radical (unpaired) electrons. The first kappa shape index (κ1) is 11.3. The smallest absolute Gasteiger partial charge is 0.175 e. The summed E-state index contributed by atoms with van der Waals surface area (Å²) in [5, 5.41) is 12.3. The van der Waals surface area contributed by atoms with Crippen molar-refractivity contribution in [3.05, 3.63) is 41.2 Å². The average Bonchev–Trinajstić information content (AvgIpc) is 2.96. The number of hydrogen-bond donors (Lipinski definition) is 1. The van der Waals surface area contributed by atoms with Gasteiger partial charge in [-0.3, -0.25) is 0 Å². The van der Waals surface area contributed by atoms with Crippen molar-refractivity contribution in [2.24, 2.45) is 12.8 Å². The van der Waals surface area contributed by atoms with Crippen LogP contribution in [0, 0.1) is 0 Å². The van der Waals surface area contributed by atoms with Crippen LogP contribution in [0.25, 0.3) is 0 Å². The van der Waals surface area contributed by atoms with Gasteiger partial charge in [-0.2, -0.15) is 4.80 Å². The molecule has 1 aromatic heterocycles. The van der Waals surface area contributed by atoms with Crippen LogP contribution in [0.2, 0.25) is 0 Å². The summed E-state index contributed by atoms with van der Waals surface area (Å²) < 4.78 is 0. The van der Waals surface area contributed by atoms with Crippen molar-refractivity contribution in [2.45, 2.75) is 24.7 Å². The summed E-state index contributed by atoms with van der Waals surface area (Å²) in [4.78, 5) is 1.50. The van der Waals surface area contributed by atoms with E-state index >= 15 is 0 Å². The number of fused-ring (bicyclic) bond motifs is 1. The molecule has 5 nitrogen and oxygen atoms in total. The van der Waals surface area contributed by atoms with E-state index in [4.69, 9.17) is 5.73 Å². The topological polar surface area (TPSA) is 69.6 Å². The maximum absolute atomic E-state index is 6.06. The molecule has 1 unspecified atom stereocenters. The van der Waals surface area contributed by atoms with Crippen molar-refractivity contribution >= 4 is 0 Å². The molecular formula is C13H17N5. The molecule has 5 heteroatoms. The minimum atomic E-state index is -0.0143. The zero-order valence-corrected chi connectivity index (χ0v) is 10.5. The lowest BCUT2D eigenvalue weighted by atomic mass is 9.78. The van der Waals surface area contributed by atoms with E-state index in [0.29, 0.717) is 6.54 Å². The van der Waals surface area contributed by atoms with Gasteiger partial charge in [0.2, 0.25) is 0 Å². The summed E-state index contributed by atoms with van der Waals surface area (Å²) in [6.07, 6.45) is 2.93. The Balaban J connectivity index is 1.97. The summed E-state index contributed by atoms with van der Waals surface area (Å²) in [6.45, 7) is 0.627. The minimum absolute atomic E-state index is 0.0143. The minimum Gasteiger partial charge on any atom is -0.330 e. The first-order valence-corrected chi connectivity index (χ1v) is 6.25. The van der Waals surface area contributed by atoms with Gasteiger partial charge >= 0.3 is 0 Å². The monoisotopic (exact) mass is 243 g/mol. The first-order chi connectivity index (χ1) is 8.73. The summed E-state index contributed by atoms with van der Waals surface area (Å²) in [7, 11) is 1.79. The Morgan fingerprint density at radius 1 is 1.39 bits per heavy atom. The molecule has 2 aromatic rings. The van der Waals surface area contributed by atoms with E-state index in [0.717, 1.165) is 25.1 Å². The van der Waals surface area contributed by atoms with E-state index < -0.39 is 0 Å². The number of rotatable bonds is 3. The lowest BCUT2D eigenvalue weighted by molar-refractivity contribution is 0.421. The largest absolute Gasteiger partial charge is 0.330 e. The van der Waals surface area contributed by atoms with E-state index in [9.17, 15) is 0 Å². The fourth-order valence-corrected chi connectivity index (χ4v) is 2.93.